The number of rotatable bonds is 6. The molecular formula is C13H21F2NO5S. The van der Waals surface area contributed by atoms with E-state index in [1.807, 2.05) is 0 Å². The number of hydrogen-bond acceptors (Lipinski definition) is 4. The molecule has 0 aromatic heterocycles. The maximum atomic E-state index is 13.4. The number of carbonyl (C=O) groups is 1. The van der Waals surface area contributed by atoms with Gasteiger partial charge in [0.25, 0.3) is 0 Å². The SMILES string of the molecule is COC1(C(=O)O)CCN(S(=O)(=O)CC2(C(F)F)CCCC2)C1. The van der Waals surface area contributed by atoms with Gasteiger partial charge in [-0.3, -0.25) is 0 Å². The summed E-state index contributed by atoms with van der Waals surface area (Å²) < 4.78 is 57.6. The minimum atomic E-state index is -3.95. The van der Waals surface area contributed by atoms with E-state index >= 15 is 0 Å². The summed E-state index contributed by atoms with van der Waals surface area (Å²) >= 11 is 0. The van der Waals surface area contributed by atoms with Crippen molar-refractivity contribution in [3.63, 3.8) is 0 Å². The Hall–Kier alpha value is -0.800. The van der Waals surface area contributed by atoms with Crippen molar-refractivity contribution in [1.82, 2.24) is 4.31 Å². The normalized spacial score (nSPS) is 29.3. The Morgan fingerprint density at radius 3 is 2.32 bits per heavy atom. The Bertz CT molecular complexity index is 533. The van der Waals surface area contributed by atoms with E-state index in [1.54, 1.807) is 0 Å². The molecule has 2 aliphatic rings. The molecular weight excluding hydrogens is 320 g/mol. The highest BCUT2D eigenvalue weighted by molar-refractivity contribution is 7.89. The third kappa shape index (κ3) is 2.98. The number of ether oxygens (including phenoxy) is 1. The van der Waals surface area contributed by atoms with Crippen LogP contribution in [-0.2, 0) is 19.6 Å². The van der Waals surface area contributed by atoms with Crippen LogP contribution in [0.15, 0.2) is 0 Å². The van der Waals surface area contributed by atoms with Crippen LogP contribution in [0.2, 0.25) is 0 Å². The van der Waals surface area contributed by atoms with Crippen molar-refractivity contribution in [2.75, 3.05) is 26.0 Å². The van der Waals surface area contributed by atoms with Crippen LogP contribution in [0, 0.1) is 5.41 Å². The van der Waals surface area contributed by atoms with Crippen molar-refractivity contribution in [3.05, 3.63) is 0 Å². The van der Waals surface area contributed by atoms with Gasteiger partial charge in [0.2, 0.25) is 16.4 Å². The molecule has 0 amide bonds. The standard InChI is InChI=1S/C13H21F2NO5S/c1-21-13(11(17)18)6-7-16(8-13)22(19,20)9-12(10(14)15)4-2-3-5-12/h10H,2-9H2,1H3,(H,17,18). The van der Waals surface area contributed by atoms with Crippen LogP contribution < -0.4 is 0 Å². The summed E-state index contributed by atoms with van der Waals surface area (Å²) in [6.07, 6.45) is -1.12. The zero-order chi connectivity index (χ0) is 16.6. The number of methoxy groups -OCH3 is 1. The predicted octanol–water partition coefficient (Wildman–Crippen LogP) is 1.32. The third-order valence-electron chi connectivity index (χ3n) is 4.90. The largest absolute Gasteiger partial charge is 0.479 e. The summed E-state index contributed by atoms with van der Waals surface area (Å²) in [6.45, 7) is -0.359. The molecule has 1 saturated heterocycles. The first-order valence-electron chi connectivity index (χ1n) is 7.22. The number of hydrogen-bond donors (Lipinski definition) is 1. The molecule has 1 unspecified atom stereocenters. The van der Waals surface area contributed by atoms with E-state index in [0.29, 0.717) is 12.8 Å². The van der Waals surface area contributed by atoms with E-state index in [2.05, 4.69) is 0 Å². The second kappa shape index (κ2) is 6.01. The van der Waals surface area contributed by atoms with Crippen molar-refractivity contribution in [3.8, 4) is 0 Å². The van der Waals surface area contributed by atoms with Crippen molar-refractivity contribution in [2.45, 2.75) is 44.1 Å². The molecule has 1 atom stereocenters. The van der Waals surface area contributed by atoms with Crippen LogP contribution in [0.1, 0.15) is 32.1 Å². The van der Waals surface area contributed by atoms with E-state index in [1.165, 1.54) is 7.11 Å². The Labute approximate surface area is 128 Å². The molecule has 1 heterocycles. The molecule has 9 heteroatoms. The lowest BCUT2D eigenvalue weighted by Gasteiger charge is -2.30. The maximum absolute atomic E-state index is 13.4. The fraction of sp³-hybridized carbons (Fsp3) is 0.923. The van der Waals surface area contributed by atoms with Crippen molar-refractivity contribution in [1.29, 1.82) is 0 Å². The molecule has 0 radical (unpaired) electrons. The Balaban J connectivity index is 2.16. The topological polar surface area (TPSA) is 83.9 Å². The van der Waals surface area contributed by atoms with Gasteiger partial charge in [-0.15, -0.1) is 0 Å². The summed E-state index contributed by atoms with van der Waals surface area (Å²) in [5.41, 5.74) is -3.08. The van der Waals surface area contributed by atoms with Crippen LogP contribution >= 0.6 is 0 Å². The quantitative estimate of drug-likeness (QED) is 0.788. The zero-order valence-electron chi connectivity index (χ0n) is 12.4. The van der Waals surface area contributed by atoms with Gasteiger partial charge in [0, 0.05) is 25.5 Å². The third-order valence-corrected chi connectivity index (χ3v) is 6.94. The molecule has 22 heavy (non-hydrogen) atoms. The fourth-order valence-corrected chi connectivity index (χ4v) is 5.47. The summed E-state index contributed by atoms with van der Waals surface area (Å²) in [5, 5.41) is 9.20. The van der Waals surface area contributed by atoms with Gasteiger partial charge in [-0.2, -0.15) is 4.31 Å². The molecule has 1 aliphatic heterocycles. The monoisotopic (exact) mass is 341 g/mol. The van der Waals surface area contributed by atoms with Crippen molar-refractivity contribution in [2.24, 2.45) is 5.41 Å². The number of carboxylic acid groups (broad SMARTS) is 1. The first-order chi connectivity index (χ1) is 10.2. The van der Waals surface area contributed by atoms with Crippen molar-refractivity contribution >= 4 is 16.0 Å². The molecule has 128 valence electrons. The van der Waals surface area contributed by atoms with Gasteiger partial charge in [0.1, 0.15) is 0 Å². The average Bonchev–Trinajstić information content (AvgIpc) is 3.06. The number of sulfonamides is 1. The highest BCUT2D eigenvalue weighted by atomic mass is 32.2. The molecule has 2 rings (SSSR count). The summed E-state index contributed by atoms with van der Waals surface area (Å²) in [7, 11) is -2.74. The number of carboxylic acids is 1. The van der Waals surface area contributed by atoms with Crippen molar-refractivity contribution < 1.29 is 31.8 Å². The highest BCUT2D eigenvalue weighted by Gasteiger charge is 2.52. The lowest BCUT2D eigenvalue weighted by Crippen LogP contribution is -2.46. The summed E-state index contributed by atoms with van der Waals surface area (Å²) in [6, 6.07) is 0. The van der Waals surface area contributed by atoms with Crippen LogP contribution in [-0.4, -0.2) is 61.8 Å². The summed E-state index contributed by atoms with van der Waals surface area (Å²) in [5.74, 6) is -1.87. The van der Waals surface area contributed by atoms with Crippen LogP contribution in [0.5, 0.6) is 0 Å². The molecule has 1 saturated carbocycles. The molecule has 6 nitrogen and oxygen atoms in total. The zero-order valence-corrected chi connectivity index (χ0v) is 13.2. The van der Waals surface area contributed by atoms with E-state index < -0.39 is 39.2 Å². The van der Waals surface area contributed by atoms with Crippen LogP contribution in [0.25, 0.3) is 0 Å². The fourth-order valence-electron chi connectivity index (χ4n) is 3.37. The second-order valence-corrected chi connectivity index (χ2v) is 8.18. The number of aliphatic carboxylic acids is 1. The molecule has 0 aromatic rings. The van der Waals surface area contributed by atoms with Gasteiger partial charge in [-0.25, -0.2) is 22.0 Å². The number of nitrogens with zero attached hydrogens (tertiary/aromatic N) is 1. The minimum Gasteiger partial charge on any atom is -0.479 e. The highest BCUT2D eigenvalue weighted by Crippen LogP contribution is 2.45. The summed E-state index contributed by atoms with van der Waals surface area (Å²) in [4.78, 5) is 11.3. The number of alkyl halides is 2. The Morgan fingerprint density at radius 1 is 1.32 bits per heavy atom. The second-order valence-electron chi connectivity index (χ2n) is 6.21. The minimum absolute atomic E-state index is 0.0136. The van der Waals surface area contributed by atoms with Crippen LogP contribution in [0.4, 0.5) is 8.78 Å². The van der Waals surface area contributed by atoms with Gasteiger partial charge in [-0.05, 0) is 12.8 Å². The average molecular weight is 341 g/mol. The van der Waals surface area contributed by atoms with E-state index in [0.717, 1.165) is 4.31 Å². The van der Waals surface area contributed by atoms with Gasteiger partial charge < -0.3 is 9.84 Å². The first kappa shape index (κ1) is 17.6. The molecule has 1 aliphatic carbocycles. The smallest absolute Gasteiger partial charge is 0.337 e. The van der Waals surface area contributed by atoms with Gasteiger partial charge in [0.15, 0.2) is 5.60 Å². The first-order valence-corrected chi connectivity index (χ1v) is 8.83. The van der Waals surface area contributed by atoms with Gasteiger partial charge in [-0.1, -0.05) is 12.8 Å². The predicted molar refractivity (Wildman–Crippen MR) is 74.3 cm³/mol. The number of halogens is 2. The molecule has 0 aromatic carbocycles. The molecule has 1 N–H and O–H groups in total. The van der Waals surface area contributed by atoms with Gasteiger partial charge in [0.05, 0.1) is 12.3 Å². The van der Waals surface area contributed by atoms with E-state index in [-0.39, 0.29) is 32.4 Å². The lowest BCUT2D eigenvalue weighted by atomic mass is 9.89. The molecule has 0 bridgehead atoms. The molecule has 2 fully saturated rings. The lowest BCUT2D eigenvalue weighted by molar-refractivity contribution is -0.160. The molecule has 0 spiro atoms. The maximum Gasteiger partial charge on any atom is 0.337 e. The van der Waals surface area contributed by atoms with E-state index in [9.17, 15) is 27.1 Å². The Kier molecular flexibility index (Phi) is 4.79. The van der Waals surface area contributed by atoms with E-state index in [4.69, 9.17) is 4.74 Å². The van der Waals surface area contributed by atoms with Crippen LogP contribution in [0.3, 0.4) is 0 Å². The van der Waals surface area contributed by atoms with Gasteiger partial charge >= 0.3 is 5.97 Å². The Morgan fingerprint density at radius 2 is 1.91 bits per heavy atom.